The topological polar surface area (TPSA) is 96.9 Å². The van der Waals surface area contributed by atoms with Crippen LogP contribution >= 0.6 is 12.2 Å². The number of carbonyl (C=O) groups is 2. The van der Waals surface area contributed by atoms with Gasteiger partial charge in [-0.3, -0.25) is 10.1 Å². The van der Waals surface area contributed by atoms with Crippen molar-refractivity contribution in [1.82, 2.24) is 10.6 Å². The molecule has 2 aromatic carbocycles. The van der Waals surface area contributed by atoms with Crippen molar-refractivity contribution in [2.24, 2.45) is 0 Å². The minimum absolute atomic E-state index is 0.140. The molecule has 0 spiro atoms. The maximum Gasteiger partial charge on any atom is 0.335 e. The Labute approximate surface area is 148 Å². The zero-order valence-corrected chi connectivity index (χ0v) is 13.8. The van der Waals surface area contributed by atoms with E-state index in [9.17, 15) is 9.59 Å². The summed E-state index contributed by atoms with van der Waals surface area (Å²) in [5.41, 5.74) is 1.45. The predicted molar refractivity (Wildman–Crippen MR) is 92.9 cm³/mol. The van der Waals surface area contributed by atoms with Crippen LogP contribution < -0.4 is 20.1 Å². The van der Waals surface area contributed by atoms with Gasteiger partial charge in [-0.25, -0.2) is 4.79 Å². The summed E-state index contributed by atoms with van der Waals surface area (Å²) in [6.45, 7) is 0.501. The van der Waals surface area contributed by atoms with Crippen LogP contribution in [0.4, 0.5) is 0 Å². The van der Waals surface area contributed by atoms with E-state index in [2.05, 4.69) is 10.6 Å². The monoisotopic (exact) mass is 358 g/mol. The SMILES string of the molecule is O=C(O)c1ccc(CNC(=S)NC(=O)c2ccc3c(c2)OCO3)cc1. The molecule has 0 atom stereocenters. The third-order valence-electron chi connectivity index (χ3n) is 3.52. The lowest BCUT2D eigenvalue weighted by molar-refractivity contribution is 0.0696. The van der Waals surface area contributed by atoms with Crippen molar-refractivity contribution < 1.29 is 24.2 Å². The van der Waals surface area contributed by atoms with Gasteiger partial charge in [0.1, 0.15) is 0 Å². The van der Waals surface area contributed by atoms with E-state index in [-0.39, 0.29) is 23.4 Å². The molecule has 1 aliphatic rings. The van der Waals surface area contributed by atoms with Crippen LogP contribution in [0.25, 0.3) is 0 Å². The van der Waals surface area contributed by atoms with Crippen molar-refractivity contribution in [3.63, 3.8) is 0 Å². The van der Waals surface area contributed by atoms with Gasteiger partial charge in [-0.1, -0.05) is 12.1 Å². The number of amides is 1. The molecule has 25 heavy (non-hydrogen) atoms. The quantitative estimate of drug-likeness (QED) is 0.719. The van der Waals surface area contributed by atoms with Crippen LogP contribution in [0.3, 0.4) is 0 Å². The molecule has 0 saturated heterocycles. The second kappa shape index (κ2) is 7.18. The molecular formula is C17H14N2O5S. The second-order valence-corrected chi connectivity index (χ2v) is 5.62. The summed E-state index contributed by atoms with van der Waals surface area (Å²) in [4.78, 5) is 23.0. The Morgan fingerprint density at radius 1 is 1.04 bits per heavy atom. The van der Waals surface area contributed by atoms with Gasteiger partial charge in [0.15, 0.2) is 16.6 Å². The fourth-order valence-electron chi connectivity index (χ4n) is 2.20. The van der Waals surface area contributed by atoms with Gasteiger partial charge in [0, 0.05) is 12.1 Å². The molecule has 0 fully saturated rings. The predicted octanol–water partition coefficient (Wildman–Crippen LogP) is 1.92. The number of thiocarbonyl (C=S) groups is 1. The molecule has 3 N–H and O–H groups in total. The normalized spacial score (nSPS) is 11.7. The van der Waals surface area contributed by atoms with Gasteiger partial charge in [0.05, 0.1) is 5.56 Å². The maximum absolute atomic E-state index is 12.2. The number of carboxylic acid groups (broad SMARTS) is 1. The van der Waals surface area contributed by atoms with Gasteiger partial charge >= 0.3 is 5.97 Å². The van der Waals surface area contributed by atoms with E-state index in [0.717, 1.165) is 5.56 Å². The molecule has 0 aliphatic carbocycles. The van der Waals surface area contributed by atoms with Crippen molar-refractivity contribution >= 4 is 29.2 Å². The Kier molecular flexibility index (Phi) is 4.80. The molecule has 0 saturated carbocycles. The Hall–Kier alpha value is -3.13. The number of rotatable bonds is 4. The van der Waals surface area contributed by atoms with Crippen molar-refractivity contribution in [2.75, 3.05) is 6.79 Å². The third kappa shape index (κ3) is 4.04. The first-order chi connectivity index (χ1) is 12.0. The van der Waals surface area contributed by atoms with E-state index in [1.54, 1.807) is 30.3 Å². The van der Waals surface area contributed by atoms with Gasteiger partial charge in [0.2, 0.25) is 6.79 Å². The fraction of sp³-hybridized carbons (Fsp3) is 0.118. The van der Waals surface area contributed by atoms with E-state index in [4.69, 9.17) is 26.8 Å². The molecule has 0 radical (unpaired) electrons. The van der Waals surface area contributed by atoms with Crippen LogP contribution in [0.15, 0.2) is 42.5 Å². The summed E-state index contributed by atoms with van der Waals surface area (Å²) >= 11 is 5.10. The maximum atomic E-state index is 12.2. The molecule has 3 rings (SSSR count). The van der Waals surface area contributed by atoms with Gasteiger partial charge in [0.25, 0.3) is 5.91 Å². The largest absolute Gasteiger partial charge is 0.478 e. The number of hydrogen-bond donors (Lipinski definition) is 3. The zero-order valence-electron chi connectivity index (χ0n) is 12.9. The highest BCUT2D eigenvalue weighted by atomic mass is 32.1. The Morgan fingerprint density at radius 3 is 2.44 bits per heavy atom. The van der Waals surface area contributed by atoms with E-state index in [0.29, 0.717) is 23.6 Å². The number of nitrogens with one attached hydrogen (secondary N) is 2. The number of carboxylic acids is 1. The van der Waals surface area contributed by atoms with E-state index >= 15 is 0 Å². The molecule has 0 aromatic heterocycles. The number of carbonyl (C=O) groups excluding carboxylic acids is 1. The van der Waals surface area contributed by atoms with Crippen LogP contribution in [0.1, 0.15) is 26.3 Å². The smallest absolute Gasteiger partial charge is 0.335 e. The molecule has 1 heterocycles. The van der Waals surface area contributed by atoms with Crippen LogP contribution in [-0.2, 0) is 6.54 Å². The minimum Gasteiger partial charge on any atom is -0.478 e. The molecule has 7 nitrogen and oxygen atoms in total. The summed E-state index contributed by atoms with van der Waals surface area (Å²) < 4.78 is 10.4. The molecular weight excluding hydrogens is 344 g/mol. The molecule has 1 aliphatic heterocycles. The molecule has 0 bridgehead atoms. The first-order valence-electron chi connectivity index (χ1n) is 7.34. The van der Waals surface area contributed by atoms with Crippen LogP contribution in [0.5, 0.6) is 11.5 Å². The number of ether oxygens (including phenoxy) is 2. The molecule has 1 amide bonds. The number of aromatic carboxylic acids is 1. The highest BCUT2D eigenvalue weighted by molar-refractivity contribution is 7.80. The minimum atomic E-state index is -0.981. The second-order valence-electron chi connectivity index (χ2n) is 5.21. The summed E-state index contributed by atoms with van der Waals surface area (Å²) in [6.07, 6.45) is 0. The van der Waals surface area contributed by atoms with Gasteiger partial charge < -0.3 is 19.9 Å². The summed E-state index contributed by atoms with van der Waals surface area (Å²) in [5.74, 6) is -0.227. The standard InChI is InChI=1S/C17H14N2O5S/c20-15(12-5-6-13-14(7-12)24-9-23-13)19-17(25)18-8-10-1-3-11(4-2-10)16(21)22/h1-7H,8-9H2,(H,21,22)(H2,18,19,20,25). The van der Waals surface area contributed by atoms with E-state index in [1.165, 1.54) is 12.1 Å². The van der Waals surface area contributed by atoms with Crippen LogP contribution in [0.2, 0.25) is 0 Å². The summed E-state index contributed by atoms with van der Waals surface area (Å²) in [5, 5.41) is 14.5. The van der Waals surface area contributed by atoms with Crippen molar-refractivity contribution in [1.29, 1.82) is 0 Å². The lowest BCUT2D eigenvalue weighted by Crippen LogP contribution is -2.38. The number of benzene rings is 2. The highest BCUT2D eigenvalue weighted by Gasteiger charge is 2.16. The zero-order chi connectivity index (χ0) is 17.8. The average molecular weight is 358 g/mol. The van der Waals surface area contributed by atoms with E-state index < -0.39 is 5.97 Å². The first kappa shape index (κ1) is 16.7. The fourth-order valence-corrected chi connectivity index (χ4v) is 2.37. The third-order valence-corrected chi connectivity index (χ3v) is 3.76. The van der Waals surface area contributed by atoms with Gasteiger partial charge in [-0.15, -0.1) is 0 Å². The Balaban J connectivity index is 1.53. The van der Waals surface area contributed by atoms with Gasteiger partial charge in [-0.05, 0) is 48.1 Å². The number of hydrogen-bond acceptors (Lipinski definition) is 5. The van der Waals surface area contributed by atoms with Crippen molar-refractivity contribution in [3.05, 3.63) is 59.2 Å². The first-order valence-corrected chi connectivity index (χ1v) is 7.75. The average Bonchev–Trinajstić information content (AvgIpc) is 3.08. The van der Waals surface area contributed by atoms with Gasteiger partial charge in [-0.2, -0.15) is 0 Å². The van der Waals surface area contributed by atoms with E-state index in [1.807, 2.05) is 0 Å². The summed E-state index contributed by atoms with van der Waals surface area (Å²) in [7, 11) is 0. The lowest BCUT2D eigenvalue weighted by Gasteiger charge is -2.10. The molecule has 128 valence electrons. The van der Waals surface area contributed by atoms with Crippen LogP contribution in [0, 0.1) is 0 Å². The molecule has 0 unspecified atom stereocenters. The molecule has 8 heteroatoms. The molecule has 2 aromatic rings. The Morgan fingerprint density at radius 2 is 1.72 bits per heavy atom. The highest BCUT2D eigenvalue weighted by Crippen LogP contribution is 2.32. The summed E-state index contributed by atoms with van der Waals surface area (Å²) in [6, 6.07) is 11.2. The van der Waals surface area contributed by atoms with Crippen LogP contribution in [-0.4, -0.2) is 28.9 Å². The number of fused-ring (bicyclic) bond motifs is 1. The van der Waals surface area contributed by atoms with Crippen molar-refractivity contribution in [2.45, 2.75) is 6.54 Å². The lowest BCUT2D eigenvalue weighted by atomic mass is 10.1. The van der Waals surface area contributed by atoms with Crippen molar-refractivity contribution in [3.8, 4) is 11.5 Å². The Bertz CT molecular complexity index is 835.